The van der Waals surface area contributed by atoms with Crippen LogP contribution in [0.25, 0.3) is 10.2 Å². The van der Waals surface area contributed by atoms with Crippen LogP contribution in [-0.4, -0.2) is 50.1 Å². The van der Waals surface area contributed by atoms with Gasteiger partial charge in [-0.05, 0) is 31.0 Å². The normalized spacial score (nSPS) is 18.0. The summed E-state index contributed by atoms with van der Waals surface area (Å²) in [5.74, 6) is 0.151. The third kappa shape index (κ3) is 3.56. The van der Waals surface area contributed by atoms with Gasteiger partial charge in [0.25, 0.3) is 5.91 Å². The van der Waals surface area contributed by atoms with Crippen LogP contribution in [0.2, 0.25) is 0 Å². The smallest absolute Gasteiger partial charge is 0.274 e. The number of pyridine rings is 1. The fourth-order valence-electron chi connectivity index (χ4n) is 3.14. The van der Waals surface area contributed by atoms with Crippen molar-refractivity contribution in [2.45, 2.75) is 25.5 Å². The number of fused-ring (bicyclic) bond motifs is 1. The molecule has 1 fully saturated rings. The van der Waals surface area contributed by atoms with Gasteiger partial charge in [-0.1, -0.05) is 6.07 Å². The molecule has 8 nitrogen and oxygen atoms in total. The van der Waals surface area contributed by atoms with Crippen molar-refractivity contribution in [1.29, 1.82) is 0 Å². The third-order valence-electron chi connectivity index (χ3n) is 4.57. The number of aliphatic hydroxyl groups is 1. The summed E-state index contributed by atoms with van der Waals surface area (Å²) in [4.78, 5) is 27.7. The zero-order valence-corrected chi connectivity index (χ0v) is 15.6. The van der Waals surface area contributed by atoms with Crippen LogP contribution >= 0.6 is 11.3 Å². The average Bonchev–Trinajstić information content (AvgIpc) is 3.26. The fraction of sp³-hybridized carbons (Fsp3) is 0.333. The lowest BCUT2D eigenvalue weighted by Crippen LogP contribution is -2.30. The summed E-state index contributed by atoms with van der Waals surface area (Å²) in [5.41, 5.74) is 7.87. The van der Waals surface area contributed by atoms with Gasteiger partial charge in [0.2, 0.25) is 5.95 Å². The number of nitrogens with two attached hydrogens (primary N) is 1. The number of nitrogens with zero attached hydrogens (tertiary/aromatic N) is 4. The minimum Gasteiger partial charge on any atom is -0.391 e. The first-order valence-corrected chi connectivity index (χ1v) is 9.54. The van der Waals surface area contributed by atoms with Crippen LogP contribution in [0, 0.1) is 0 Å². The van der Waals surface area contributed by atoms with Crippen molar-refractivity contribution in [3.63, 3.8) is 0 Å². The van der Waals surface area contributed by atoms with E-state index in [2.05, 4.69) is 20.3 Å². The van der Waals surface area contributed by atoms with E-state index in [-0.39, 0.29) is 11.9 Å². The molecule has 1 unspecified atom stereocenters. The van der Waals surface area contributed by atoms with Crippen LogP contribution in [0.3, 0.4) is 0 Å². The first-order valence-electron chi connectivity index (χ1n) is 8.72. The Morgan fingerprint density at radius 1 is 1.48 bits per heavy atom. The second-order valence-electron chi connectivity index (χ2n) is 6.61. The molecule has 3 aromatic rings. The molecular formula is C18H20N6O2S. The molecule has 3 aromatic heterocycles. The van der Waals surface area contributed by atoms with Crippen molar-refractivity contribution >= 4 is 38.4 Å². The molecular weight excluding hydrogens is 364 g/mol. The maximum Gasteiger partial charge on any atom is 0.274 e. The Hall–Kier alpha value is -2.78. The molecule has 0 aliphatic carbocycles. The molecule has 0 aromatic carbocycles. The summed E-state index contributed by atoms with van der Waals surface area (Å²) in [5, 5.41) is 13.6. The summed E-state index contributed by atoms with van der Waals surface area (Å²) in [6.07, 6.45) is 3.59. The van der Waals surface area contributed by atoms with Gasteiger partial charge in [0.15, 0.2) is 5.69 Å². The monoisotopic (exact) mass is 384 g/mol. The van der Waals surface area contributed by atoms with Gasteiger partial charge in [0.1, 0.15) is 0 Å². The van der Waals surface area contributed by atoms with E-state index < -0.39 is 6.10 Å². The van der Waals surface area contributed by atoms with Crippen molar-refractivity contribution in [1.82, 2.24) is 19.9 Å². The lowest BCUT2D eigenvalue weighted by Gasteiger charge is -2.17. The van der Waals surface area contributed by atoms with Crippen LogP contribution in [0.5, 0.6) is 0 Å². The molecule has 140 valence electrons. The molecule has 0 saturated carbocycles. The lowest BCUT2D eigenvalue weighted by atomic mass is 10.1. The Bertz CT molecular complexity index is 977. The number of hydrogen-bond donors (Lipinski definition) is 3. The number of nitrogens with one attached hydrogen (secondary N) is 1. The van der Waals surface area contributed by atoms with Crippen molar-refractivity contribution in [2.75, 3.05) is 24.1 Å². The fourth-order valence-corrected chi connectivity index (χ4v) is 3.99. The molecule has 4 rings (SSSR count). The van der Waals surface area contributed by atoms with Crippen molar-refractivity contribution in [3.8, 4) is 0 Å². The number of thiophene rings is 1. The number of nitrogen functional groups attached to an aromatic ring is 1. The molecule has 1 aliphatic heterocycles. The Morgan fingerprint density at radius 3 is 3.04 bits per heavy atom. The predicted octanol–water partition coefficient (Wildman–Crippen LogP) is 2.05. The van der Waals surface area contributed by atoms with E-state index in [4.69, 9.17) is 5.73 Å². The van der Waals surface area contributed by atoms with Gasteiger partial charge in [-0.15, -0.1) is 11.3 Å². The van der Waals surface area contributed by atoms with Crippen molar-refractivity contribution in [2.24, 2.45) is 0 Å². The molecule has 9 heteroatoms. The van der Waals surface area contributed by atoms with Gasteiger partial charge in [-0.3, -0.25) is 9.78 Å². The molecule has 0 radical (unpaired) electrons. The largest absolute Gasteiger partial charge is 0.391 e. The van der Waals surface area contributed by atoms with Crippen molar-refractivity contribution < 1.29 is 9.90 Å². The summed E-state index contributed by atoms with van der Waals surface area (Å²) in [6, 6.07) is 5.49. The molecule has 27 heavy (non-hydrogen) atoms. The number of carbonyl (C=O) groups excluding carboxylic acids is 1. The molecule has 0 spiro atoms. The topological polar surface area (TPSA) is 117 Å². The molecule has 4 N–H and O–H groups in total. The minimum absolute atomic E-state index is 0.0799. The number of β-amino-alcohol motifs (C(OH)–C–C–N with tert-alkyl or cyclic N) is 1. The number of amides is 1. The number of aromatic nitrogens is 3. The molecule has 1 aliphatic rings. The average molecular weight is 384 g/mol. The summed E-state index contributed by atoms with van der Waals surface area (Å²) in [7, 11) is 0. The Balaban J connectivity index is 1.69. The maximum atomic E-state index is 13.0. The molecule has 4 heterocycles. The highest BCUT2D eigenvalue weighted by Gasteiger charge is 2.29. The zero-order valence-electron chi connectivity index (χ0n) is 14.8. The Morgan fingerprint density at radius 2 is 2.33 bits per heavy atom. The minimum atomic E-state index is -0.483. The first-order chi connectivity index (χ1) is 13.0. The Kier molecular flexibility index (Phi) is 4.63. The van der Waals surface area contributed by atoms with E-state index in [0.717, 1.165) is 5.56 Å². The van der Waals surface area contributed by atoms with Gasteiger partial charge < -0.3 is 21.1 Å². The van der Waals surface area contributed by atoms with Crippen LogP contribution in [0.4, 0.5) is 10.9 Å². The number of aliphatic hydroxyl groups excluding tert-OH is 1. The molecule has 2 atom stereocenters. The van der Waals surface area contributed by atoms with Crippen molar-refractivity contribution in [3.05, 3.63) is 41.9 Å². The number of anilines is 2. The van der Waals surface area contributed by atoms with E-state index in [1.807, 2.05) is 19.1 Å². The predicted molar refractivity (Wildman–Crippen MR) is 105 cm³/mol. The van der Waals surface area contributed by atoms with Gasteiger partial charge >= 0.3 is 0 Å². The summed E-state index contributed by atoms with van der Waals surface area (Å²) < 4.78 is 0.665. The van der Waals surface area contributed by atoms with E-state index >= 15 is 0 Å². The number of hydrogen-bond acceptors (Lipinski definition) is 8. The quantitative estimate of drug-likeness (QED) is 0.630. The summed E-state index contributed by atoms with van der Waals surface area (Å²) >= 11 is 1.30. The maximum absolute atomic E-state index is 13.0. The number of rotatable bonds is 4. The SMILES string of the molecule is CC(Nc1nc(C(=O)N2CC[C@@H](O)C2)c2sc(N)cc2n1)c1cccnc1. The van der Waals surface area contributed by atoms with Crippen LogP contribution in [0.15, 0.2) is 30.6 Å². The highest BCUT2D eigenvalue weighted by molar-refractivity contribution is 7.22. The molecule has 1 amide bonds. The van der Waals surface area contributed by atoms with Gasteiger partial charge in [-0.25, -0.2) is 9.97 Å². The third-order valence-corrected chi connectivity index (χ3v) is 5.53. The lowest BCUT2D eigenvalue weighted by molar-refractivity contribution is 0.0761. The van der Waals surface area contributed by atoms with Gasteiger partial charge in [-0.2, -0.15) is 0 Å². The van der Waals surface area contributed by atoms with E-state index in [0.29, 0.717) is 46.4 Å². The first kappa shape index (κ1) is 17.6. The Labute approximate surface area is 160 Å². The second-order valence-corrected chi connectivity index (χ2v) is 7.69. The van der Waals surface area contributed by atoms with Gasteiger partial charge in [0, 0.05) is 25.5 Å². The van der Waals surface area contributed by atoms with Crippen LogP contribution in [-0.2, 0) is 0 Å². The zero-order chi connectivity index (χ0) is 19.0. The molecule has 0 bridgehead atoms. The second kappa shape index (κ2) is 7.09. The van der Waals surface area contributed by atoms with E-state index in [1.54, 1.807) is 23.4 Å². The van der Waals surface area contributed by atoms with Crippen LogP contribution < -0.4 is 11.1 Å². The molecule has 1 saturated heterocycles. The highest BCUT2D eigenvalue weighted by atomic mass is 32.1. The van der Waals surface area contributed by atoms with Gasteiger partial charge in [0.05, 0.1) is 27.4 Å². The highest BCUT2D eigenvalue weighted by Crippen LogP contribution is 2.31. The number of likely N-dealkylation sites (tertiary alicyclic amines) is 1. The standard InChI is InChI=1S/C18H20N6O2S/c1-10(11-3-2-5-20-8-11)21-18-22-13-7-14(19)27-16(13)15(23-18)17(26)24-6-4-12(25)9-24/h2-3,5,7-8,10,12,25H,4,6,9,19H2,1H3,(H,21,22,23)/t10?,12-/m1/s1. The van der Waals surface area contributed by atoms with Crippen LogP contribution in [0.1, 0.15) is 35.4 Å². The number of carbonyl (C=O) groups is 1. The van der Waals surface area contributed by atoms with E-state index in [1.165, 1.54) is 11.3 Å². The summed E-state index contributed by atoms with van der Waals surface area (Å²) in [6.45, 7) is 2.81. The van der Waals surface area contributed by atoms with E-state index in [9.17, 15) is 9.90 Å².